The maximum atomic E-state index is 12.5. The van der Waals surface area contributed by atoms with Crippen LogP contribution in [-0.4, -0.2) is 64.2 Å². The monoisotopic (exact) mass is 672 g/mol. The summed E-state index contributed by atoms with van der Waals surface area (Å²) in [6.45, 7) is 8.52. The Labute approximate surface area is 281 Å². The Morgan fingerprint density at radius 2 is 1.58 bits per heavy atom. The summed E-state index contributed by atoms with van der Waals surface area (Å²) in [6.07, 6.45) is 4.97. The third kappa shape index (κ3) is 7.90. The Hall–Kier alpha value is -5.48. The van der Waals surface area contributed by atoms with E-state index >= 15 is 0 Å². The fraction of sp³-hybridized carbons (Fsp3) is 0.216. The number of benzene rings is 2. The Bertz CT molecular complexity index is 1950. The van der Waals surface area contributed by atoms with Crippen molar-refractivity contribution >= 4 is 47.0 Å². The van der Waals surface area contributed by atoms with Crippen molar-refractivity contribution in [1.29, 1.82) is 0 Å². The molecule has 2 aromatic carbocycles. The molecule has 0 fully saturated rings. The fourth-order valence-electron chi connectivity index (χ4n) is 5.09. The number of ether oxygens (including phenoxy) is 2. The highest BCUT2D eigenvalue weighted by Gasteiger charge is 2.36. The molecule has 1 aliphatic carbocycles. The van der Waals surface area contributed by atoms with Crippen LogP contribution in [0.1, 0.15) is 61.7 Å². The van der Waals surface area contributed by atoms with Gasteiger partial charge >= 0.3 is 5.97 Å². The van der Waals surface area contributed by atoms with Crippen LogP contribution in [-0.2, 0) is 14.3 Å². The van der Waals surface area contributed by atoms with Gasteiger partial charge in [-0.15, -0.1) is 11.3 Å². The van der Waals surface area contributed by atoms with Crippen LogP contribution in [0, 0.1) is 20.8 Å². The largest absolute Gasteiger partial charge is 0.508 e. The topological polar surface area (TPSA) is 168 Å². The van der Waals surface area contributed by atoms with Gasteiger partial charge in [-0.05, 0) is 110 Å². The van der Waals surface area contributed by atoms with Crippen LogP contribution in [0.3, 0.4) is 0 Å². The Morgan fingerprint density at radius 3 is 2.12 bits per heavy atom. The summed E-state index contributed by atoms with van der Waals surface area (Å²) in [5.74, 6) is -1.22. The van der Waals surface area contributed by atoms with E-state index < -0.39 is 29.4 Å². The van der Waals surface area contributed by atoms with Crippen LogP contribution in [0.2, 0.25) is 0 Å². The first-order valence-electron chi connectivity index (χ1n) is 14.5. The van der Waals surface area contributed by atoms with Gasteiger partial charge in [-0.2, -0.15) is 0 Å². The number of methoxy groups -OCH3 is 2. The van der Waals surface area contributed by atoms with E-state index in [2.05, 4.69) is 0 Å². The van der Waals surface area contributed by atoms with E-state index in [0.29, 0.717) is 27.8 Å². The molecule has 4 rings (SSSR count). The highest BCUT2D eigenvalue weighted by atomic mass is 32.1. The van der Waals surface area contributed by atoms with Crippen molar-refractivity contribution in [2.24, 2.45) is 0 Å². The SMILES string of the molecule is COC1C(=O)C(=C(O)C=Cc2cc(C)cs2)C(C)=C(C)C1=C=O.COc1c(O)c(C(=O)C=Cc2cccc(O)c2)c(C)c(C)c1C(=O)O. The number of aryl methyl sites for hydroxylation is 1. The van der Waals surface area contributed by atoms with Crippen molar-refractivity contribution in [2.75, 3.05) is 14.2 Å². The van der Waals surface area contributed by atoms with Crippen molar-refractivity contribution in [3.63, 3.8) is 0 Å². The van der Waals surface area contributed by atoms with E-state index in [4.69, 9.17) is 9.47 Å². The molecule has 0 saturated carbocycles. The zero-order chi connectivity index (χ0) is 35.9. The van der Waals surface area contributed by atoms with Crippen molar-refractivity contribution in [3.8, 4) is 17.2 Å². The lowest BCUT2D eigenvalue weighted by Gasteiger charge is -2.25. The summed E-state index contributed by atoms with van der Waals surface area (Å²) in [4.78, 5) is 48.6. The Morgan fingerprint density at radius 1 is 0.917 bits per heavy atom. The first kappa shape index (κ1) is 37.0. The number of hydrogen-bond acceptors (Lipinski definition) is 10. The molecule has 0 aliphatic heterocycles. The maximum Gasteiger partial charge on any atom is 0.339 e. The van der Waals surface area contributed by atoms with Crippen LogP contribution in [0.15, 0.2) is 75.9 Å². The molecule has 11 heteroatoms. The van der Waals surface area contributed by atoms with Gasteiger partial charge in [0.15, 0.2) is 23.4 Å². The molecular formula is C37H36O10S. The summed E-state index contributed by atoms with van der Waals surface area (Å²) in [7, 11) is 2.58. The maximum absolute atomic E-state index is 12.5. The van der Waals surface area contributed by atoms with Gasteiger partial charge in [-0.25, -0.2) is 9.59 Å². The Kier molecular flexibility index (Phi) is 12.2. The molecule has 48 heavy (non-hydrogen) atoms. The summed E-state index contributed by atoms with van der Waals surface area (Å²) < 4.78 is 10.1. The normalized spacial score (nSPS) is 15.8. The van der Waals surface area contributed by atoms with Gasteiger partial charge in [0, 0.05) is 12.0 Å². The molecule has 10 nitrogen and oxygen atoms in total. The number of hydrogen-bond donors (Lipinski definition) is 4. The lowest BCUT2D eigenvalue weighted by Crippen LogP contribution is -2.33. The molecule has 1 heterocycles. The molecule has 1 atom stereocenters. The van der Waals surface area contributed by atoms with Crippen LogP contribution in [0.5, 0.6) is 17.2 Å². The highest BCUT2D eigenvalue weighted by Crippen LogP contribution is 2.39. The van der Waals surface area contributed by atoms with Crippen molar-refractivity contribution in [1.82, 2.24) is 0 Å². The zero-order valence-electron chi connectivity index (χ0n) is 27.5. The predicted octanol–water partition coefficient (Wildman–Crippen LogP) is 6.89. The third-order valence-corrected chi connectivity index (χ3v) is 8.82. The number of rotatable bonds is 8. The lowest BCUT2D eigenvalue weighted by molar-refractivity contribution is -0.123. The molecule has 0 bridgehead atoms. The van der Waals surface area contributed by atoms with Gasteiger partial charge < -0.3 is 29.9 Å². The molecule has 4 N–H and O–H groups in total. The van der Waals surface area contributed by atoms with Crippen LogP contribution >= 0.6 is 11.3 Å². The minimum absolute atomic E-state index is 0.0178. The number of phenols is 2. The number of aromatic carboxylic acids is 1. The third-order valence-electron chi connectivity index (χ3n) is 7.80. The average molecular weight is 673 g/mol. The molecule has 0 saturated heterocycles. The number of thiophene rings is 1. The van der Waals surface area contributed by atoms with E-state index in [1.165, 1.54) is 44.6 Å². The number of aromatic hydroxyl groups is 2. The minimum Gasteiger partial charge on any atom is -0.508 e. The van der Waals surface area contributed by atoms with Gasteiger partial charge in [-0.1, -0.05) is 18.2 Å². The van der Waals surface area contributed by atoms with E-state index in [0.717, 1.165) is 10.4 Å². The minimum atomic E-state index is -1.25. The predicted molar refractivity (Wildman–Crippen MR) is 184 cm³/mol. The molecule has 3 aromatic rings. The summed E-state index contributed by atoms with van der Waals surface area (Å²) >= 11 is 1.55. The molecule has 1 aromatic heterocycles. The first-order chi connectivity index (χ1) is 22.7. The molecule has 0 amide bonds. The molecule has 0 spiro atoms. The molecular weight excluding hydrogens is 636 g/mol. The van der Waals surface area contributed by atoms with Gasteiger partial charge in [0.1, 0.15) is 23.0 Å². The quantitative estimate of drug-likeness (QED) is 0.0856. The smallest absolute Gasteiger partial charge is 0.339 e. The van der Waals surface area contributed by atoms with Gasteiger partial charge in [-0.3, -0.25) is 9.59 Å². The summed E-state index contributed by atoms with van der Waals surface area (Å²) in [5.41, 5.74) is 3.79. The number of carboxylic acid groups (broad SMARTS) is 1. The van der Waals surface area contributed by atoms with Crippen LogP contribution < -0.4 is 4.74 Å². The number of carbonyl (C=O) groups excluding carboxylic acids is 3. The molecule has 0 radical (unpaired) electrons. The fourth-order valence-corrected chi connectivity index (χ4v) is 5.88. The summed E-state index contributed by atoms with van der Waals surface area (Å²) in [5, 5.41) is 41.5. The van der Waals surface area contributed by atoms with Crippen LogP contribution in [0.4, 0.5) is 0 Å². The van der Waals surface area contributed by atoms with Crippen molar-refractivity contribution in [2.45, 2.75) is 40.7 Å². The first-order valence-corrected chi connectivity index (χ1v) is 15.4. The molecule has 250 valence electrons. The highest BCUT2D eigenvalue weighted by molar-refractivity contribution is 7.11. The number of Topliss-reactive ketones (excluding diaryl/α,β-unsaturated/α-hetero) is 1. The van der Waals surface area contributed by atoms with Gasteiger partial charge in [0.25, 0.3) is 0 Å². The Balaban J connectivity index is 0.000000261. The van der Waals surface area contributed by atoms with Crippen LogP contribution in [0.25, 0.3) is 12.2 Å². The van der Waals surface area contributed by atoms with E-state index in [9.17, 15) is 39.6 Å². The van der Waals surface area contributed by atoms with Crippen molar-refractivity contribution < 1.29 is 49.1 Å². The number of phenolic OH excluding ortho intramolecular Hbond substituents is 2. The molecule has 1 aliphatic rings. The average Bonchev–Trinajstić information content (AvgIpc) is 3.47. The van der Waals surface area contributed by atoms with Gasteiger partial charge in [0.05, 0.1) is 23.8 Å². The number of ketones is 2. The van der Waals surface area contributed by atoms with Crippen molar-refractivity contribution in [3.05, 3.63) is 114 Å². The molecule has 1 unspecified atom stereocenters. The number of carboxylic acids is 1. The van der Waals surface area contributed by atoms with E-state index in [1.54, 1.807) is 63.2 Å². The number of aliphatic hydroxyl groups excluding tert-OH is 1. The van der Waals surface area contributed by atoms with E-state index in [-0.39, 0.29) is 39.5 Å². The van der Waals surface area contributed by atoms with Gasteiger partial charge in [0.2, 0.25) is 5.78 Å². The number of aliphatic hydroxyl groups is 1. The second kappa shape index (κ2) is 15.9. The second-order valence-electron chi connectivity index (χ2n) is 10.8. The lowest BCUT2D eigenvalue weighted by atomic mass is 9.82. The zero-order valence-corrected chi connectivity index (χ0v) is 28.3. The number of allylic oxidation sites excluding steroid dienone is 3. The standard InChI is InChI=1S/C19H18O6.C18H18O4S/c1-10-11(2)16(19(23)24)18(25-3)17(22)15(10)14(21)8-7-12-5-4-6-13(20)9-12;1-10-7-13(23-9-10)5-6-15(20)16-12(3)11(2)14(8-19)18(22-4)17(16)21/h4-9,20,22H,1-3H3,(H,23,24);5-7,9,18,20H,1-4H3. The van der Waals surface area contributed by atoms with E-state index in [1.807, 2.05) is 18.4 Å². The number of carbonyl (C=O) groups is 3. The summed E-state index contributed by atoms with van der Waals surface area (Å²) in [6, 6.07) is 8.32. The second-order valence-corrected chi connectivity index (χ2v) is 11.8.